The van der Waals surface area contributed by atoms with Crippen molar-refractivity contribution in [3.05, 3.63) is 70.9 Å². The second-order valence-corrected chi connectivity index (χ2v) is 7.47. The first kappa shape index (κ1) is 20.2. The number of aryl methyl sites for hydroxylation is 1. The highest BCUT2D eigenvalue weighted by molar-refractivity contribution is 6.30. The summed E-state index contributed by atoms with van der Waals surface area (Å²) in [5, 5.41) is 0.273. The Bertz CT molecular complexity index is 1050. The molecule has 1 fully saturated rings. The third-order valence-corrected chi connectivity index (χ3v) is 5.35. The first-order chi connectivity index (χ1) is 14.5. The average molecular weight is 426 g/mol. The third kappa shape index (κ3) is 4.26. The molecule has 0 unspecified atom stereocenters. The van der Waals surface area contributed by atoms with Gasteiger partial charge in [-0.1, -0.05) is 18.5 Å². The van der Waals surface area contributed by atoms with Crippen LogP contribution in [-0.4, -0.2) is 51.9 Å². The number of aromatic nitrogens is 3. The first-order valence-electron chi connectivity index (χ1n) is 9.83. The molecule has 1 aromatic carbocycles. The van der Waals surface area contributed by atoms with Gasteiger partial charge in [-0.3, -0.25) is 9.78 Å². The quantitative estimate of drug-likeness (QED) is 0.635. The van der Waals surface area contributed by atoms with Gasteiger partial charge in [-0.05, 0) is 36.8 Å². The summed E-state index contributed by atoms with van der Waals surface area (Å²) in [7, 11) is 0. The third-order valence-electron chi connectivity index (χ3n) is 5.12. The first-order valence-corrected chi connectivity index (χ1v) is 10.2. The number of nitrogens with zero attached hydrogens (tertiary/aromatic N) is 5. The second kappa shape index (κ2) is 8.75. The highest BCUT2D eigenvalue weighted by atomic mass is 35.5. The Kier molecular flexibility index (Phi) is 5.90. The summed E-state index contributed by atoms with van der Waals surface area (Å²) in [6.45, 7) is 4.24. The molecule has 1 aliphatic rings. The standard InChI is InChI=1S/C22H21ClFN5O/c1-2-17-14-20(27-21(26-17)15-5-7-25-8-6-15)28-9-11-29(12-10-28)22(30)18-4-3-16(23)13-19(18)24/h3-8,13-14H,2,9-12H2,1H3. The summed E-state index contributed by atoms with van der Waals surface area (Å²) in [6.07, 6.45) is 4.23. The van der Waals surface area contributed by atoms with E-state index in [9.17, 15) is 9.18 Å². The summed E-state index contributed by atoms with van der Waals surface area (Å²) in [5.41, 5.74) is 1.91. The molecule has 154 valence electrons. The molecule has 1 aliphatic heterocycles. The van der Waals surface area contributed by atoms with E-state index < -0.39 is 5.82 Å². The molecule has 6 nitrogen and oxygen atoms in total. The van der Waals surface area contributed by atoms with Crippen LogP contribution < -0.4 is 4.90 Å². The van der Waals surface area contributed by atoms with Gasteiger partial charge in [0.05, 0.1) is 5.56 Å². The van der Waals surface area contributed by atoms with E-state index in [1.165, 1.54) is 18.2 Å². The molecule has 3 aromatic rings. The SMILES string of the molecule is CCc1cc(N2CCN(C(=O)c3ccc(Cl)cc3F)CC2)nc(-c2ccncc2)n1. The van der Waals surface area contributed by atoms with Crippen molar-refractivity contribution in [2.75, 3.05) is 31.1 Å². The molecule has 8 heteroatoms. The van der Waals surface area contributed by atoms with Crippen molar-refractivity contribution in [3.8, 4) is 11.4 Å². The molecule has 0 aliphatic carbocycles. The Morgan fingerprint density at radius 1 is 1.07 bits per heavy atom. The summed E-state index contributed by atoms with van der Waals surface area (Å²) in [6, 6.07) is 9.89. The molecule has 0 radical (unpaired) electrons. The fourth-order valence-corrected chi connectivity index (χ4v) is 3.59. The Balaban J connectivity index is 1.50. The zero-order valence-electron chi connectivity index (χ0n) is 16.6. The van der Waals surface area contributed by atoms with Gasteiger partial charge in [0.2, 0.25) is 0 Å². The van der Waals surface area contributed by atoms with Crippen LogP contribution in [0.4, 0.5) is 10.2 Å². The largest absolute Gasteiger partial charge is 0.353 e. The maximum atomic E-state index is 14.1. The van der Waals surface area contributed by atoms with Gasteiger partial charge in [0.1, 0.15) is 11.6 Å². The normalized spacial score (nSPS) is 14.1. The van der Waals surface area contributed by atoms with Crippen molar-refractivity contribution in [1.82, 2.24) is 19.9 Å². The Morgan fingerprint density at radius 2 is 1.80 bits per heavy atom. The predicted molar refractivity (Wildman–Crippen MR) is 114 cm³/mol. The van der Waals surface area contributed by atoms with Crippen LogP contribution in [0.1, 0.15) is 23.0 Å². The maximum Gasteiger partial charge on any atom is 0.256 e. The van der Waals surface area contributed by atoms with Crippen LogP contribution in [0.5, 0.6) is 0 Å². The number of piperazine rings is 1. The van der Waals surface area contributed by atoms with Gasteiger partial charge in [0.15, 0.2) is 5.82 Å². The molecule has 1 amide bonds. The maximum absolute atomic E-state index is 14.1. The average Bonchev–Trinajstić information content (AvgIpc) is 2.79. The van der Waals surface area contributed by atoms with Crippen molar-refractivity contribution < 1.29 is 9.18 Å². The Labute approximate surface area is 179 Å². The van der Waals surface area contributed by atoms with E-state index in [0.29, 0.717) is 32.0 Å². The number of hydrogen-bond donors (Lipinski definition) is 0. The van der Waals surface area contributed by atoms with E-state index in [1.807, 2.05) is 18.2 Å². The lowest BCUT2D eigenvalue weighted by Crippen LogP contribution is -2.49. The summed E-state index contributed by atoms with van der Waals surface area (Å²) in [5.74, 6) is 0.575. The van der Waals surface area contributed by atoms with E-state index in [2.05, 4.69) is 21.8 Å². The lowest BCUT2D eigenvalue weighted by molar-refractivity contribution is 0.0742. The fourth-order valence-electron chi connectivity index (χ4n) is 3.43. The number of pyridine rings is 1. The van der Waals surface area contributed by atoms with Gasteiger partial charge in [0, 0.05) is 60.9 Å². The lowest BCUT2D eigenvalue weighted by atomic mass is 10.1. The van der Waals surface area contributed by atoms with Gasteiger partial charge in [-0.15, -0.1) is 0 Å². The minimum Gasteiger partial charge on any atom is -0.353 e. The Morgan fingerprint density at radius 3 is 2.47 bits per heavy atom. The van der Waals surface area contributed by atoms with Crippen LogP contribution in [0, 0.1) is 5.82 Å². The van der Waals surface area contributed by atoms with E-state index in [1.54, 1.807) is 17.3 Å². The smallest absolute Gasteiger partial charge is 0.256 e. The molecular formula is C22H21ClFN5O. The summed E-state index contributed by atoms with van der Waals surface area (Å²) in [4.78, 5) is 29.9. The molecule has 1 saturated heterocycles. The zero-order chi connectivity index (χ0) is 21.1. The number of anilines is 1. The molecule has 0 spiro atoms. The second-order valence-electron chi connectivity index (χ2n) is 7.03. The van der Waals surface area contributed by atoms with Crippen LogP contribution >= 0.6 is 11.6 Å². The summed E-state index contributed by atoms with van der Waals surface area (Å²) >= 11 is 5.79. The fraction of sp³-hybridized carbons (Fsp3) is 0.273. The van der Waals surface area contributed by atoms with E-state index in [-0.39, 0.29) is 16.5 Å². The van der Waals surface area contributed by atoms with Crippen LogP contribution in [0.3, 0.4) is 0 Å². The van der Waals surface area contributed by atoms with Gasteiger partial charge in [0.25, 0.3) is 5.91 Å². The van der Waals surface area contributed by atoms with Crippen LogP contribution in [-0.2, 0) is 6.42 Å². The number of rotatable bonds is 4. The molecule has 0 atom stereocenters. The van der Waals surface area contributed by atoms with Crippen LogP contribution in [0.25, 0.3) is 11.4 Å². The van der Waals surface area contributed by atoms with Gasteiger partial charge < -0.3 is 9.80 Å². The van der Waals surface area contributed by atoms with Crippen molar-refractivity contribution >= 4 is 23.3 Å². The minimum absolute atomic E-state index is 0.0446. The molecule has 3 heterocycles. The molecule has 4 rings (SSSR count). The molecule has 0 bridgehead atoms. The Hall–Kier alpha value is -3.06. The van der Waals surface area contributed by atoms with Crippen molar-refractivity contribution in [2.45, 2.75) is 13.3 Å². The van der Waals surface area contributed by atoms with Crippen molar-refractivity contribution in [1.29, 1.82) is 0 Å². The van der Waals surface area contributed by atoms with E-state index in [4.69, 9.17) is 16.6 Å². The monoisotopic (exact) mass is 425 g/mol. The van der Waals surface area contributed by atoms with Crippen LogP contribution in [0.2, 0.25) is 5.02 Å². The number of amides is 1. The van der Waals surface area contributed by atoms with Gasteiger partial charge >= 0.3 is 0 Å². The number of halogens is 2. The van der Waals surface area contributed by atoms with E-state index in [0.717, 1.165) is 23.5 Å². The molecular weight excluding hydrogens is 405 g/mol. The highest BCUT2D eigenvalue weighted by Crippen LogP contribution is 2.22. The number of carbonyl (C=O) groups excluding carboxylic acids is 1. The number of carbonyl (C=O) groups is 1. The number of benzene rings is 1. The van der Waals surface area contributed by atoms with Crippen molar-refractivity contribution in [3.63, 3.8) is 0 Å². The topological polar surface area (TPSA) is 62.2 Å². The zero-order valence-corrected chi connectivity index (χ0v) is 17.3. The summed E-state index contributed by atoms with van der Waals surface area (Å²) < 4.78 is 14.1. The molecule has 2 aromatic heterocycles. The minimum atomic E-state index is -0.597. The van der Waals surface area contributed by atoms with Gasteiger partial charge in [-0.2, -0.15) is 0 Å². The van der Waals surface area contributed by atoms with Crippen molar-refractivity contribution in [2.24, 2.45) is 0 Å². The highest BCUT2D eigenvalue weighted by Gasteiger charge is 2.25. The molecule has 0 N–H and O–H groups in total. The van der Waals surface area contributed by atoms with E-state index >= 15 is 0 Å². The van der Waals surface area contributed by atoms with Crippen LogP contribution in [0.15, 0.2) is 48.8 Å². The van der Waals surface area contributed by atoms with Gasteiger partial charge in [-0.25, -0.2) is 14.4 Å². The number of hydrogen-bond acceptors (Lipinski definition) is 5. The molecule has 30 heavy (non-hydrogen) atoms. The molecule has 0 saturated carbocycles. The predicted octanol–water partition coefficient (Wildman–Crippen LogP) is 3.86. The lowest BCUT2D eigenvalue weighted by Gasteiger charge is -2.35.